The average molecular weight is 318 g/mol. The average Bonchev–Trinajstić information content (AvgIpc) is 2.86. The van der Waals surface area contributed by atoms with Crippen LogP contribution in [-0.4, -0.2) is 22.1 Å². The second kappa shape index (κ2) is 6.05. The Morgan fingerprint density at radius 1 is 1.00 bits per heavy atom. The molecular weight excluding hydrogens is 296 g/mol. The van der Waals surface area contributed by atoms with E-state index >= 15 is 0 Å². The molecule has 3 heteroatoms. The molecule has 2 atom stereocenters. The second-order valence-electron chi connectivity index (χ2n) is 7.14. The molecule has 2 unspecified atom stereocenters. The lowest BCUT2D eigenvalue weighted by Gasteiger charge is -2.44. The van der Waals surface area contributed by atoms with E-state index in [1.165, 1.54) is 5.56 Å². The van der Waals surface area contributed by atoms with Gasteiger partial charge in [0.15, 0.2) is 0 Å². The van der Waals surface area contributed by atoms with Gasteiger partial charge in [0, 0.05) is 24.2 Å². The first-order valence-corrected chi connectivity index (χ1v) is 8.71. The van der Waals surface area contributed by atoms with Gasteiger partial charge in [0.2, 0.25) is 0 Å². The Bertz CT molecular complexity index is 751. The summed E-state index contributed by atoms with van der Waals surface area (Å²) in [5.74, 6) is 0. The van der Waals surface area contributed by atoms with Gasteiger partial charge in [0.05, 0.1) is 17.2 Å². The van der Waals surface area contributed by atoms with Gasteiger partial charge in [-0.25, -0.2) is 0 Å². The van der Waals surface area contributed by atoms with Crippen LogP contribution in [0.25, 0.3) is 0 Å². The molecule has 122 valence electrons. The largest absolute Gasteiger partial charge is 0.385 e. The van der Waals surface area contributed by atoms with Crippen LogP contribution in [0.15, 0.2) is 54.6 Å². The molecule has 0 aliphatic carbocycles. The quantitative estimate of drug-likeness (QED) is 0.941. The van der Waals surface area contributed by atoms with E-state index < -0.39 is 5.60 Å². The van der Waals surface area contributed by atoms with Gasteiger partial charge in [-0.1, -0.05) is 48.5 Å². The van der Waals surface area contributed by atoms with Crippen molar-refractivity contribution >= 4 is 0 Å². The zero-order valence-corrected chi connectivity index (χ0v) is 13.7. The van der Waals surface area contributed by atoms with Crippen LogP contribution in [0.2, 0.25) is 0 Å². The number of aliphatic hydroxyl groups is 1. The molecule has 0 spiro atoms. The highest BCUT2D eigenvalue weighted by atomic mass is 16.3. The van der Waals surface area contributed by atoms with Crippen molar-refractivity contribution in [3.05, 3.63) is 71.3 Å². The Morgan fingerprint density at radius 2 is 1.62 bits per heavy atom. The Kier molecular flexibility index (Phi) is 3.88. The van der Waals surface area contributed by atoms with Gasteiger partial charge in [-0.3, -0.25) is 4.90 Å². The summed E-state index contributed by atoms with van der Waals surface area (Å²) in [5, 5.41) is 20.7. The number of benzene rings is 2. The van der Waals surface area contributed by atoms with Crippen LogP contribution in [0.3, 0.4) is 0 Å². The molecule has 3 nitrogen and oxygen atoms in total. The van der Waals surface area contributed by atoms with Crippen molar-refractivity contribution in [2.45, 2.75) is 49.9 Å². The standard InChI is InChI=1S/C21H22N2O/c22-14-17-8-4-5-9-20(17)21(24)12-18-10-11-19(13-21)23(18)15-16-6-2-1-3-7-16/h1-9,18-19,24H,10-13,15H2. The molecule has 0 amide bonds. The predicted octanol–water partition coefficient (Wildman–Crippen LogP) is 3.57. The zero-order chi connectivity index (χ0) is 16.6. The Labute approximate surface area is 143 Å². The van der Waals surface area contributed by atoms with Crippen LogP contribution in [0, 0.1) is 11.3 Å². The van der Waals surface area contributed by atoms with E-state index in [4.69, 9.17) is 0 Å². The molecule has 24 heavy (non-hydrogen) atoms. The van der Waals surface area contributed by atoms with Gasteiger partial charge in [-0.15, -0.1) is 0 Å². The minimum absolute atomic E-state index is 0.390. The van der Waals surface area contributed by atoms with Crippen LogP contribution in [0.5, 0.6) is 0 Å². The molecule has 0 radical (unpaired) electrons. The number of rotatable bonds is 3. The molecule has 1 N–H and O–H groups in total. The maximum atomic E-state index is 11.3. The van der Waals surface area contributed by atoms with Crippen molar-refractivity contribution in [3.63, 3.8) is 0 Å². The second-order valence-corrected chi connectivity index (χ2v) is 7.14. The third-order valence-electron chi connectivity index (χ3n) is 5.67. The molecule has 2 aromatic rings. The molecular formula is C21H22N2O. The van der Waals surface area contributed by atoms with Crippen molar-refractivity contribution in [2.75, 3.05) is 0 Å². The third kappa shape index (κ3) is 2.62. The molecule has 2 aliphatic rings. The van der Waals surface area contributed by atoms with Crippen LogP contribution in [-0.2, 0) is 12.1 Å². The highest BCUT2D eigenvalue weighted by Crippen LogP contribution is 2.46. The fourth-order valence-corrected chi connectivity index (χ4v) is 4.57. The van der Waals surface area contributed by atoms with Gasteiger partial charge in [0.1, 0.15) is 0 Å². The first-order valence-electron chi connectivity index (χ1n) is 8.71. The first-order chi connectivity index (χ1) is 11.7. The lowest BCUT2D eigenvalue weighted by Crippen LogP contribution is -2.49. The summed E-state index contributed by atoms with van der Waals surface area (Å²) < 4.78 is 0. The van der Waals surface area contributed by atoms with E-state index in [9.17, 15) is 10.4 Å². The van der Waals surface area contributed by atoms with Crippen molar-refractivity contribution in [2.24, 2.45) is 0 Å². The number of piperidine rings is 1. The Balaban J connectivity index is 1.59. The third-order valence-corrected chi connectivity index (χ3v) is 5.67. The van der Waals surface area contributed by atoms with E-state index in [2.05, 4.69) is 35.2 Å². The van der Waals surface area contributed by atoms with Gasteiger partial charge >= 0.3 is 0 Å². The summed E-state index contributed by atoms with van der Waals surface area (Å²) in [7, 11) is 0. The highest BCUT2D eigenvalue weighted by Gasteiger charge is 2.48. The van der Waals surface area contributed by atoms with E-state index in [0.717, 1.165) is 37.8 Å². The summed E-state index contributed by atoms with van der Waals surface area (Å²) in [6.07, 6.45) is 3.70. The molecule has 2 fully saturated rings. The van der Waals surface area contributed by atoms with Crippen LogP contribution in [0.1, 0.15) is 42.4 Å². The van der Waals surface area contributed by atoms with E-state index in [0.29, 0.717) is 17.6 Å². The minimum Gasteiger partial charge on any atom is -0.385 e. The number of nitriles is 1. The lowest BCUT2D eigenvalue weighted by molar-refractivity contribution is -0.0596. The number of nitrogens with zero attached hydrogens (tertiary/aromatic N) is 2. The van der Waals surface area contributed by atoms with Gasteiger partial charge in [0.25, 0.3) is 0 Å². The van der Waals surface area contributed by atoms with E-state index in [1.54, 1.807) is 0 Å². The van der Waals surface area contributed by atoms with Gasteiger partial charge in [-0.05, 0) is 37.3 Å². The number of hydrogen-bond donors (Lipinski definition) is 1. The van der Waals surface area contributed by atoms with E-state index in [-0.39, 0.29) is 0 Å². The van der Waals surface area contributed by atoms with Crippen molar-refractivity contribution < 1.29 is 5.11 Å². The molecule has 2 saturated heterocycles. The van der Waals surface area contributed by atoms with Gasteiger partial charge in [-0.2, -0.15) is 5.26 Å². The SMILES string of the molecule is N#Cc1ccccc1C1(O)CC2CCC(C1)N2Cc1ccccc1. The van der Waals surface area contributed by atoms with Crippen molar-refractivity contribution in [1.29, 1.82) is 5.26 Å². The van der Waals surface area contributed by atoms with Crippen LogP contribution < -0.4 is 0 Å². The molecule has 2 bridgehead atoms. The molecule has 4 rings (SSSR count). The van der Waals surface area contributed by atoms with Gasteiger partial charge < -0.3 is 5.11 Å². The monoisotopic (exact) mass is 318 g/mol. The maximum absolute atomic E-state index is 11.3. The van der Waals surface area contributed by atoms with E-state index in [1.807, 2.05) is 30.3 Å². The summed E-state index contributed by atoms with van der Waals surface area (Å²) in [5.41, 5.74) is 1.88. The number of hydrogen-bond acceptors (Lipinski definition) is 3. The topological polar surface area (TPSA) is 47.3 Å². The smallest absolute Gasteiger partial charge is 0.0995 e. The molecule has 2 aliphatic heterocycles. The highest BCUT2D eigenvalue weighted by molar-refractivity contribution is 5.42. The zero-order valence-electron chi connectivity index (χ0n) is 13.7. The predicted molar refractivity (Wildman–Crippen MR) is 93.1 cm³/mol. The summed E-state index contributed by atoms with van der Waals surface area (Å²) in [6, 6.07) is 21.1. The summed E-state index contributed by atoms with van der Waals surface area (Å²) in [6.45, 7) is 0.951. The Hall–Kier alpha value is -2.15. The van der Waals surface area contributed by atoms with Crippen LogP contribution in [0.4, 0.5) is 0 Å². The van der Waals surface area contributed by atoms with Crippen LogP contribution >= 0.6 is 0 Å². The van der Waals surface area contributed by atoms with Crippen molar-refractivity contribution in [3.8, 4) is 6.07 Å². The summed E-state index contributed by atoms with van der Waals surface area (Å²) in [4.78, 5) is 2.55. The fourth-order valence-electron chi connectivity index (χ4n) is 4.57. The van der Waals surface area contributed by atoms with Crippen molar-refractivity contribution in [1.82, 2.24) is 4.90 Å². The minimum atomic E-state index is -0.870. The Morgan fingerprint density at radius 3 is 2.29 bits per heavy atom. The fraction of sp³-hybridized carbons (Fsp3) is 0.381. The molecule has 0 saturated carbocycles. The first kappa shape index (κ1) is 15.4. The lowest BCUT2D eigenvalue weighted by atomic mass is 9.78. The summed E-state index contributed by atoms with van der Waals surface area (Å²) >= 11 is 0. The molecule has 2 heterocycles. The molecule has 2 aromatic carbocycles. The maximum Gasteiger partial charge on any atom is 0.0995 e. The molecule has 0 aromatic heterocycles. The number of fused-ring (bicyclic) bond motifs is 2. The normalized spacial score (nSPS) is 29.3.